The van der Waals surface area contributed by atoms with Crippen molar-refractivity contribution in [1.82, 2.24) is 4.90 Å². The summed E-state index contributed by atoms with van der Waals surface area (Å²) in [5, 5.41) is 9.24. The van der Waals surface area contributed by atoms with Gasteiger partial charge in [-0.3, -0.25) is 0 Å². The average molecular weight is 277 g/mol. The Morgan fingerprint density at radius 3 is 2.47 bits per heavy atom. The van der Waals surface area contributed by atoms with Crippen LogP contribution in [0, 0.1) is 11.3 Å². The third kappa shape index (κ3) is 2.83. The molecule has 1 saturated heterocycles. The molecule has 1 atom stereocenters. The molecule has 1 saturated carbocycles. The van der Waals surface area contributed by atoms with E-state index in [2.05, 4.69) is 0 Å². The Bertz CT molecular complexity index is 373. The lowest BCUT2D eigenvalue weighted by atomic mass is 9.72. The zero-order chi connectivity index (χ0) is 14.5. The highest BCUT2D eigenvalue weighted by atomic mass is 19.3. The first-order chi connectivity index (χ1) is 8.57. The van der Waals surface area contributed by atoms with E-state index in [4.69, 9.17) is 4.74 Å². The molecule has 0 bridgehead atoms. The van der Waals surface area contributed by atoms with Crippen LogP contribution in [0.2, 0.25) is 0 Å². The van der Waals surface area contributed by atoms with Crippen molar-refractivity contribution in [3.05, 3.63) is 0 Å². The zero-order valence-electron chi connectivity index (χ0n) is 11.6. The molecule has 1 N–H and O–H groups in total. The molecule has 0 radical (unpaired) electrons. The molecule has 0 unspecified atom stereocenters. The Balaban J connectivity index is 1.96. The number of likely N-dealkylation sites (tertiary alicyclic amines) is 1. The molecule has 1 heterocycles. The zero-order valence-corrected chi connectivity index (χ0v) is 11.6. The lowest BCUT2D eigenvalue weighted by Gasteiger charge is -2.50. The number of aliphatic hydroxyl groups excluding tert-OH is 1. The topological polar surface area (TPSA) is 49.8 Å². The van der Waals surface area contributed by atoms with Gasteiger partial charge in [-0.2, -0.15) is 0 Å². The standard InChI is InChI=1S/C13H21F2NO3/c1-11(2,3)19-10(18)16-7-12(8-16)6-13(14,15)4-9(12)5-17/h9,17H,4-8H2,1-3H3/t9-/m1/s1. The molecule has 1 amide bonds. The van der Waals surface area contributed by atoms with Crippen LogP contribution in [0.3, 0.4) is 0 Å². The molecule has 0 aromatic carbocycles. The molecule has 4 nitrogen and oxygen atoms in total. The fraction of sp³-hybridized carbons (Fsp3) is 0.923. The number of rotatable bonds is 1. The van der Waals surface area contributed by atoms with Gasteiger partial charge in [-0.15, -0.1) is 0 Å². The van der Waals surface area contributed by atoms with Crippen molar-refractivity contribution in [2.24, 2.45) is 11.3 Å². The van der Waals surface area contributed by atoms with Gasteiger partial charge in [0.1, 0.15) is 5.60 Å². The Morgan fingerprint density at radius 1 is 1.42 bits per heavy atom. The van der Waals surface area contributed by atoms with Crippen LogP contribution in [0.15, 0.2) is 0 Å². The van der Waals surface area contributed by atoms with Gasteiger partial charge in [-0.25, -0.2) is 13.6 Å². The molecular formula is C13H21F2NO3. The molecule has 6 heteroatoms. The molecule has 1 aliphatic carbocycles. The van der Waals surface area contributed by atoms with Crippen molar-refractivity contribution in [2.45, 2.75) is 45.1 Å². The average Bonchev–Trinajstić information content (AvgIpc) is 2.44. The fourth-order valence-corrected chi connectivity index (χ4v) is 3.11. The monoisotopic (exact) mass is 277 g/mol. The molecule has 1 spiro atoms. The summed E-state index contributed by atoms with van der Waals surface area (Å²) in [6, 6.07) is 0. The highest BCUT2D eigenvalue weighted by Gasteiger charge is 2.62. The van der Waals surface area contributed by atoms with Crippen LogP contribution in [0.5, 0.6) is 0 Å². The number of amides is 1. The number of carbonyl (C=O) groups excluding carboxylic acids is 1. The van der Waals surface area contributed by atoms with Crippen LogP contribution < -0.4 is 0 Å². The number of hydrogen-bond acceptors (Lipinski definition) is 3. The van der Waals surface area contributed by atoms with E-state index in [0.717, 1.165) is 0 Å². The Hall–Kier alpha value is -0.910. The predicted octanol–water partition coefficient (Wildman–Crippen LogP) is 2.26. The Labute approximate surface area is 111 Å². The van der Waals surface area contributed by atoms with Crippen molar-refractivity contribution in [3.8, 4) is 0 Å². The number of alkyl halides is 2. The van der Waals surface area contributed by atoms with Crippen LogP contribution in [0.4, 0.5) is 13.6 Å². The molecule has 2 rings (SSSR count). The number of nitrogens with zero attached hydrogens (tertiary/aromatic N) is 1. The highest BCUT2D eigenvalue weighted by molar-refractivity contribution is 5.69. The van der Waals surface area contributed by atoms with Crippen molar-refractivity contribution < 1.29 is 23.4 Å². The number of hydrogen-bond donors (Lipinski definition) is 1. The van der Waals surface area contributed by atoms with Gasteiger partial charge in [0.25, 0.3) is 0 Å². The summed E-state index contributed by atoms with van der Waals surface area (Å²) in [6.07, 6.45) is -0.999. The maximum Gasteiger partial charge on any atom is 0.410 e. The molecule has 110 valence electrons. The van der Waals surface area contributed by atoms with Gasteiger partial charge in [-0.1, -0.05) is 0 Å². The minimum Gasteiger partial charge on any atom is -0.444 e. The molecule has 2 fully saturated rings. The van der Waals surface area contributed by atoms with E-state index >= 15 is 0 Å². The highest BCUT2D eigenvalue weighted by Crippen LogP contribution is 2.55. The molecule has 1 aliphatic heterocycles. The van der Waals surface area contributed by atoms with E-state index in [9.17, 15) is 18.7 Å². The maximum atomic E-state index is 13.5. The van der Waals surface area contributed by atoms with Gasteiger partial charge in [0.2, 0.25) is 5.92 Å². The molecule has 0 aromatic heterocycles. The van der Waals surface area contributed by atoms with Crippen molar-refractivity contribution in [2.75, 3.05) is 19.7 Å². The van der Waals surface area contributed by atoms with Gasteiger partial charge in [0.15, 0.2) is 0 Å². The predicted molar refractivity (Wildman–Crippen MR) is 65.0 cm³/mol. The van der Waals surface area contributed by atoms with E-state index in [1.54, 1.807) is 20.8 Å². The number of carbonyl (C=O) groups is 1. The lowest BCUT2D eigenvalue weighted by molar-refractivity contribution is -0.0706. The van der Waals surface area contributed by atoms with Crippen LogP contribution in [-0.4, -0.2) is 47.3 Å². The van der Waals surface area contributed by atoms with Crippen molar-refractivity contribution >= 4 is 6.09 Å². The maximum absolute atomic E-state index is 13.5. The second-order valence-corrected chi connectivity index (χ2v) is 6.82. The van der Waals surface area contributed by atoms with Gasteiger partial charge in [0, 0.05) is 38.0 Å². The normalized spacial score (nSPS) is 28.3. The molecule has 19 heavy (non-hydrogen) atoms. The van der Waals surface area contributed by atoms with Gasteiger partial charge >= 0.3 is 6.09 Å². The minimum absolute atomic E-state index is 0.246. The number of aliphatic hydroxyl groups is 1. The SMILES string of the molecule is CC(C)(C)OC(=O)N1CC2(C1)CC(F)(F)C[C@@H]2CO. The van der Waals surface area contributed by atoms with E-state index in [1.807, 2.05) is 0 Å². The van der Waals surface area contributed by atoms with E-state index in [1.165, 1.54) is 4.90 Å². The minimum atomic E-state index is -2.73. The van der Waals surface area contributed by atoms with E-state index in [-0.39, 0.29) is 32.5 Å². The van der Waals surface area contributed by atoms with Gasteiger partial charge < -0.3 is 14.7 Å². The Kier molecular flexibility index (Phi) is 3.28. The van der Waals surface area contributed by atoms with Crippen molar-refractivity contribution in [1.29, 1.82) is 0 Å². The van der Waals surface area contributed by atoms with E-state index < -0.39 is 28.9 Å². The quantitative estimate of drug-likeness (QED) is 0.800. The largest absolute Gasteiger partial charge is 0.444 e. The summed E-state index contributed by atoms with van der Waals surface area (Å²) in [5.41, 5.74) is -1.22. The van der Waals surface area contributed by atoms with Crippen molar-refractivity contribution in [3.63, 3.8) is 0 Å². The van der Waals surface area contributed by atoms with Crippen LogP contribution >= 0.6 is 0 Å². The van der Waals surface area contributed by atoms with Gasteiger partial charge in [0.05, 0.1) is 0 Å². The number of ether oxygens (including phenoxy) is 1. The second-order valence-electron chi connectivity index (χ2n) is 6.82. The summed E-state index contributed by atoms with van der Waals surface area (Å²) >= 11 is 0. The Morgan fingerprint density at radius 2 is 2.00 bits per heavy atom. The molecule has 0 aromatic rings. The summed E-state index contributed by atoms with van der Waals surface area (Å²) < 4.78 is 32.1. The second kappa shape index (κ2) is 4.30. The van der Waals surface area contributed by atoms with Gasteiger partial charge in [-0.05, 0) is 26.7 Å². The first-order valence-electron chi connectivity index (χ1n) is 6.54. The summed E-state index contributed by atoms with van der Waals surface area (Å²) in [5.74, 6) is -3.16. The van der Waals surface area contributed by atoms with Crippen LogP contribution in [0.1, 0.15) is 33.6 Å². The van der Waals surface area contributed by atoms with E-state index in [0.29, 0.717) is 0 Å². The van der Waals surface area contributed by atoms with Crippen LogP contribution in [0.25, 0.3) is 0 Å². The number of halogens is 2. The summed E-state index contributed by atoms with van der Waals surface area (Å²) in [6.45, 7) is 5.55. The first kappa shape index (κ1) is 14.5. The fourth-order valence-electron chi connectivity index (χ4n) is 3.11. The molecular weight excluding hydrogens is 256 g/mol. The summed E-state index contributed by atoms with van der Waals surface area (Å²) in [4.78, 5) is 13.2. The third-order valence-electron chi connectivity index (χ3n) is 3.91. The smallest absolute Gasteiger partial charge is 0.410 e. The molecule has 2 aliphatic rings. The third-order valence-corrected chi connectivity index (χ3v) is 3.91. The summed E-state index contributed by atoms with van der Waals surface area (Å²) in [7, 11) is 0. The lowest BCUT2D eigenvalue weighted by Crippen LogP contribution is -2.61. The van der Waals surface area contributed by atoms with Crippen LogP contribution in [-0.2, 0) is 4.74 Å². The first-order valence-corrected chi connectivity index (χ1v) is 6.54.